The van der Waals surface area contributed by atoms with Crippen LogP contribution in [0.5, 0.6) is 5.75 Å². The predicted molar refractivity (Wildman–Crippen MR) is 90.5 cm³/mol. The topological polar surface area (TPSA) is 68.2 Å². The van der Waals surface area contributed by atoms with E-state index < -0.39 is 0 Å². The van der Waals surface area contributed by atoms with Crippen molar-refractivity contribution in [2.24, 2.45) is 5.10 Å². The SMILES string of the molecule is COc1cccc(C(=O)N2N=C(c3ccco3)C[C@@H]2c2ccco2)c1. The van der Waals surface area contributed by atoms with E-state index in [-0.39, 0.29) is 11.9 Å². The smallest absolute Gasteiger partial charge is 0.274 e. The van der Waals surface area contributed by atoms with Crippen LogP contribution in [0.3, 0.4) is 0 Å². The molecule has 2 aromatic heterocycles. The van der Waals surface area contributed by atoms with Crippen LogP contribution < -0.4 is 4.74 Å². The summed E-state index contributed by atoms with van der Waals surface area (Å²) in [5.41, 5.74) is 1.21. The molecule has 6 heteroatoms. The summed E-state index contributed by atoms with van der Waals surface area (Å²) in [5, 5.41) is 5.96. The third-order valence-corrected chi connectivity index (χ3v) is 4.11. The number of furan rings is 2. The van der Waals surface area contributed by atoms with Crippen LogP contribution >= 0.6 is 0 Å². The fraction of sp³-hybridized carbons (Fsp3) is 0.158. The van der Waals surface area contributed by atoms with Crippen LogP contribution in [-0.2, 0) is 0 Å². The van der Waals surface area contributed by atoms with Crippen LogP contribution in [0, 0.1) is 0 Å². The van der Waals surface area contributed by atoms with Crippen LogP contribution in [-0.4, -0.2) is 23.7 Å². The number of amides is 1. The van der Waals surface area contributed by atoms with Gasteiger partial charge in [0.05, 0.1) is 19.6 Å². The normalized spacial score (nSPS) is 16.8. The number of carbonyl (C=O) groups excluding carboxylic acids is 1. The Morgan fingerprint density at radius 3 is 2.72 bits per heavy atom. The largest absolute Gasteiger partial charge is 0.497 e. The number of nitrogens with zero attached hydrogens (tertiary/aromatic N) is 2. The molecule has 0 bridgehead atoms. The number of rotatable bonds is 4. The number of hydrazone groups is 1. The Kier molecular flexibility index (Phi) is 3.85. The molecule has 1 aromatic carbocycles. The Hall–Kier alpha value is -3.28. The monoisotopic (exact) mass is 336 g/mol. The van der Waals surface area contributed by atoms with Crippen molar-refractivity contribution >= 4 is 11.6 Å². The molecule has 0 unspecified atom stereocenters. The van der Waals surface area contributed by atoms with Gasteiger partial charge in [-0.3, -0.25) is 4.79 Å². The number of carbonyl (C=O) groups is 1. The zero-order valence-electron chi connectivity index (χ0n) is 13.6. The molecule has 0 aliphatic carbocycles. The van der Waals surface area contributed by atoms with E-state index in [0.29, 0.717) is 35.0 Å². The molecule has 0 N–H and O–H groups in total. The lowest BCUT2D eigenvalue weighted by Crippen LogP contribution is -2.26. The first-order valence-electron chi connectivity index (χ1n) is 7.88. The van der Waals surface area contributed by atoms with Crippen LogP contribution in [0.2, 0.25) is 0 Å². The minimum Gasteiger partial charge on any atom is -0.497 e. The van der Waals surface area contributed by atoms with E-state index in [0.717, 1.165) is 0 Å². The van der Waals surface area contributed by atoms with Crippen LogP contribution in [0.15, 0.2) is 75.0 Å². The molecule has 0 saturated heterocycles. The van der Waals surface area contributed by atoms with Crippen molar-refractivity contribution in [1.29, 1.82) is 0 Å². The van der Waals surface area contributed by atoms with Gasteiger partial charge in [-0.1, -0.05) is 6.07 Å². The summed E-state index contributed by atoms with van der Waals surface area (Å²) in [6.07, 6.45) is 3.71. The van der Waals surface area contributed by atoms with E-state index in [1.165, 1.54) is 5.01 Å². The van der Waals surface area contributed by atoms with E-state index in [1.54, 1.807) is 56.0 Å². The van der Waals surface area contributed by atoms with Gasteiger partial charge >= 0.3 is 0 Å². The van der Waals surface area contributed by atoms with E-state index in [9.17, 15) is 4.79 Å². The first-order chi connectivity index (χ1) is 12.3. The van der Waals surface area contributed by atoms with Crippen molar-refractivity contribution in [2.45, 2.75) is 12.5 Å². The van der Waals surface area contributed by atoms with Crippen molar-refractivity contribution in [3.8, 4) is 5.75 Å². The quantitative estimate of drug-likeness (QED) is 0.725. The molecule has 6 nitrogen and oxygen atoms in total. The summed E-state index contributed by atoms with van der Waals surface area (Å²) in [6, 6.07) is 14.0. The van der Waals surface area contributed by atoms with Gasteiger partial charge in [0.2, 0.25) is 0 Å². The molecular formula is C19H16N2O4. The lowest BCUT2D eigenvalue weighted by atomic mass is 10.1. The van der Waals surface area contributed by atoms with E-state index in [2.05, 4.69) is 5.10 Å². The van der Waals surface area contributed by atoms with Gasteiger partial charge in [0.1, 0.15) is 29.0 Å². The summed E-state index contributed by atoms with van der Waals surface area (Å²) >= 11 is 0. The van der Waals surface area contributed by atoms with Gasteiger partial charge < -0.3 is 13.6 Å². The standard InChI is InChI=1S/C19H16N2O4/c1-23-14-6-2-5-13(11-14)19(22)21-16(18-8-4-10-25-18)12-15(20-21)17-7-3-9-24-17/h2-11,16H,12H2,1H3/t16-/m1/s1. The maximum Gasteiger partial charge on any atom is 0.274 e. The summed E-state index contributed by atoms with van der Waals surface area (Å²) in [5.74, 6) is 1.73. The molecule has 126 valence electrons. The third kappa shape index (κ3) is 2.82. The van der Waals surface area contributed by atoms with Crippen LogP contribution in [0.4, 0.5) is 0 Å². The third-order valence-electron chi connectivity index (χ3n) is 4.11. The van der Waals surface area contributed by atoms with E-state index in [1.807, 2.05) is 12.1 Å². The van der Waals surface area contributed by atoms with Crippen molar-refractivity contribution in [3.63, 3.8) is 0 Å². The van der Waals surface area contributed by atoms with E-state index in [4.69, 9.17) is 13.6 Å². The molecule has 3 aromatic rings. The second-order valence-electron chi connectivity index (χ2n) is 5.64. The number of methoxy groups -OCH3 is 1. The second kappa shape index (κ2) is 6.32. The molecule has 0 saturated carbocycles. The van der Waals surface area contributed by atoms with Gasteiger partial charge in [-0.05, 0) is 42.5 Å². The molecule has 0 radical (unpaired) electrons. The average molecular weight is 336 g/mol. The first kappa shape index (κ1) is 15.3. The Labute approximate surface area is 144 Å². The summed E-state index contributed by atoms with van der Waals surface area (Å²) < 4.78 is 16.2. The van der Waals surface area contributed by atoms with Crippen LogP contribution in [0.25, 0.3) is 0 Å². The molecule has 1 atom stereocenters. The number of benzene rings is 1. The Bertz CT molecular complexity index is 897. The van der Waals surface area contributed by atoms with Crippen molar-refractivity contribution in [1.82, 2.24) is 5.01 Å². The van der Waals surface area contributed by atoms with Gasteiger partial charge in [0.15, 0.2) is 0 Å². The molecule has 1 amide bonds. The summed E-state index contributed by atoms with van der Waals surface area (Å²) in [6.45, 7) is 0. The highest BCUT2D eigenvalue weighted by molar-refractivity contribution is 6.03. The highest BCUT2D eigenvalue weighted by atomic mass is 16.5. The number of hydrogen-bond donors (Lipinski definition) is 0. The first-order valence-corrected chi connectivity index (χ1v) is 7.88. The van der Waals surface area contributed by atoms with Crippen molar-refractivity contribution in [2.75, 3.05) is 7.11 Å². The fourth-order valence-corrected chi connectivity index (χ4v) is 2.88. The van der Waals surface area contributed by atoms with Crippen LogP contribution in [0.1, 0.15) is 34.3 Å². The second-order valence-corrected chi connectivity index (χ2v) is 5.64. The Morgan fingerprint density at radius 2 is 2.00 bits per heavy atom. The minimum absolute atomic E-state index is 0.221. The van der Waals surface area contributed by atoms with Crippen molar-refractivity contribution < 1.29 is 18.4 Å². The molecule has 0 fully saturated rings. The fourth-order valence-electron chi connectivity index (χ4n) is 2.88. The lowest BCUT2D eigenvalue weighted by molar-refractivity contribution is 0.0692. The van der Waals surface area contributed by atoms with Gasteiger partial charge in [-0.15, -0.1) is 0 Å². The summed E-state index contributed by atoms with van der Waals surface area (Å²) in [4.78, 5) is 13.0. The molecule has 1 aliphatic heterocycles. The predicted octanol–water partition coefficient (Wildman–Crippen LogP) is 3.87. The molecule has 25 heavy (non-hydrogen) atoms. The highest BCUT2D eigenvalue weighted by Crippen LogP contribution is 2.34. The summed E-state index contributed by atoms with van der Waals surface area (Å²) in [7, 11) is 1.57. The maximum atomic E-state index is 13.0. The Morgan fingerprint density at radius 1 is 1.16 bits per heavy atom. The number of ether oxygens (including phenoxy) is 1. The Balaban J connectivity index is 1.71. The molecule has 0 spiro atoms. The lowest BCUT2D eigenvalue weighted by Gasteiger charge is -2.20. The van der Waals surface area contributed by atoms with Gasteiger partial charge in [-0.25, -0.2) is 5.01 Å². The molecule has 1 aliphatic rings. The number of hydrogen-bond acceptors (Lipinski definition) is 5. The van der Waals surface area contributed by atoms with E-state index >= 15 is 0 Å². The van der Waals surface area contributed by atoms with Crippen molar-refractivity contribution in [3.05, 3.63) is 78.1 Å². The van der Waals surface area contributed by atoms with Gasteiger partial charge in [0.25, 0.3) is 5.91 Å². The average Bonchev–Trinajstić information content (AvgIpc) is 3.41. The van der Waals surface area contributed by atoms with Gasteiger partial charge in [-0.2, -0.15) is 5.10 Å². The maximum absolute atomic E-state index is 13.0. The molecular weight excluding hydrogens is 320 g/mol. The molecule has 4 rings (SSSR count). The highest BCUT2D eigenvalue weighted by Gasteiger charge is 2.36. The zero-order valence-corrected chi connectivity index (χ0v) is 13.6. The van der Waals surface area contributed by atoms with Gasteiger partial charge in [0, 0.05) is 12.0 Å². The minimum atomic E-state index is -0.311. The zero-order chi connectivity index (χ0) is 17.2. The molecule has 3 heterocycles.